The molecular weight excluding hydrogens is 452 g/mol. The van der Waals surface area contributed by atoms with E-state index in [9.17, 15) is 5.11 Å². The molecule has 10 atom stereocenters. The van der Waals surface area contributed by atoms with Crippen LogP contribution in [0.1, 0.15) is 125 Å². The van der Waals surface area contributed by atoms with Crippen LogP contribution in [0.2, 0.25) is 0 Å². The Morgan fingerprint density at radius 2 is 1.57 bits per heavy atom. The van der Waals surface area contributed by atoms with Crippen LogP contribution in [0.3, 0.4) is 0 Å². The number of aliphatic hydroxyl groups is 1. The molecule has 5 fully saturated rings. The molecule has 5 aliphatic rings. The summed E-state index contributed by atoms with van der Waals surface area (Å²) in [5, 5.41) is 14.9. The van der Waals surface area contributed by atoms with Gasteiger partial charge in [0.05, 0.1) is 6.10 Å². The van der Waals surface area contributed by atoms with Gasteiger partial charge < -0.3 is 15.3 Å². The topological polar surface area (TPSA) is 35.5 Å². The van der Waals surface area contributed by atoms with Gasteiger partial charge >= 0.3 is 0 Å². The number of nitrogens with one attached hydrogen (secondary N) is 1. The van der Waals surface area contributed by atoms with Crippen molar-refractivity contribution in [2.75, 3.05) is 26.2 Å². The zero-order valence-electron chi connectivity index (χ0n) is 25.3. The number of likely N-dealkylation sites (tertiary alicyclic amines) is 1. The summed E-state index contributed by atoms with van der Waals surface area (Å²) >= 11 is 0. The van der Waals surface area contributed by atoms with Crippen LogP contribution in [-0.4, -0.2) is 48.3 Å². The predicted octanol–water partition coefficient (Wildman–Crippen LogP) is 7.52. The summed E-state index contributed by atoms with van der Waals surface area (Å²) in [5.74, 6) is 6.07. The van der Waals surface area contributed by atoms with Crippen LogP contribution in [0.25, 0.3) is 0 Å². The molecule has 0 aromatic carbocycles. The summed E-state index contributed by atoms with van der Waals surface area (Å²) in [5.41, 5.74) is 0.993. The Labute approximate surface area is 230 Å². The van der Waals surface area contributed by atoms with Crippen LogP contribution < -0.4 is 5.32 Å². The standard InChI is InChI=1S/C34H62N2O/c1-24(2)10-8-11-25(3)28-12-13-29-27-23-32(35-18-9-21-36-19-6-7-20-36)31-22-26(37)14-16-34(31,5)30(27)15-17-33(28,29)4/h24-32,35,37H,6-23H2,1-5H3/t25-,26+,27?,28-,29?,30?,31?,32-,33-,34-/m1/s1. The number of nitrogens with zero attached hydrogens (tertiary/aromatic N) is 1. The minimum atomic E-state index is -0.0695. The van der Waals surface area contributed by atoms with Gasteiger partial charge in [0.15, 0.2) is 0 Å². The Hall–Kier alpha value is -0.120. The highest BCUT2D eigenvalue weighted by Gasteiger charge is 2.62. The van der Waals surface area contributed by atoms with Crippen molar-refractivity contribution < 1.29 is 5.11 Å². The molecule has 0 spiro atoms. The van der Waals surface area contributed by atoms with E-state index >= 15 is 0 Å². The molecule has 4 unspecified atom stereocenters. The van der Waals surface area contributed by atoms with E-state index in [1.54, 1.807) is 0 Å². The maximum absolute atomic E-state index is 10.7. The fourth-order valence-corrected chi connectivity index (χ4v) is 11.2. The molecule has 37 heavy (non-hydrogen) atoms. The van der Waals surface area contributed by atoms with Gasteiger partial charge in [-0.2, -0.15) is 0 Å². The smallest absolute Gasteiger partial charge is 0.0543 e. The first-order valence-corrected chi connectivity index (χ1v) is 16.9. The number of aliphatic hydroxyl groups excluding tert-OH is 1. The van der Waals surface area contributed by atoms with Gasteiger partial charge in [-0.25, -0.2) is 0 Å². The summed E-state index contributed by atoms with van der Waals surface area (Å²) in [6, 6.07) is 0.615. The molecule has 3 nitrogen and oxygen atoms in total. The molecular formula is C34H62N2O. The quantitative estimate of drug-likeness (QED) is 0.296. The molecule has 1 heterocycles. The molecule has 214 valence electrons. The lowest BCUT2D eigenvalue weighted by Gasteiger charge is -2.63. The van der Waals surface area contributed by atoms with E-state index in [-0.39, 0.29) is 6.10 Å². The molecule has 0 aromatic rings. The van der Waals surface area contributed by atoms with E-state index in [1.807, 2.05) is 0 Å². The predicted molar refractivity (Wildman–Crippen MR) is 157 cm³/mol. The first kappa shape index (κ1) is 28.4. The van der Waals surface area contributed by atoms with Crippen molar-refractivity contribution in [2.24, 2.45) is 52.3 Å². The average Bonchev–Trinajstić information content (AvgIpc) is 3.49. The average molecular weight is 515 g/mol. The van der Waals surface area contributed by atoms with Gasteiger partial charge in [-0.15, -0.1) is 0 Å². The van der Waals surface area contributed by atoms with Gasteiger partial charge in [-0.1, -0.05) is 53.9 Å². The number of fused-ring (bicyclic) bond motifs is 5. The number of hydrogen-bond donors (Lipinski definition) is 2. The molecule has 1 saturated heterocycles. The van der Waals surface area contributed by atoms with Crippen molar-refractivity contribution in [2.45, 2.75) is 137 Å². The third-order valence-electron chi connectivity index (χ3n) is 13.1. The van der Waals surface area contributed by atoms with Crippen molar-refractivity contribution in [1.29, 1.82) is 0 Å². The van der Waals surface area contributed by atoms with Gasteiger partial charge in [-0.05, 0) is 149 Å². The van der Waals surface area contributed by atoms with Crippen LogP contribution in [0.15, 0.2) is 0 Å². The van der Waals surface area contributed by atoms with Crippen molar-refractivity contribution >= 4 is 0 Å². The Kier molecular flexibility index (Phi) is 9.04. The number of rotatable bonds is 10. The molecule has 2 N–H and O–H groups in total. The van der Waals surface area contributed by atoms with E-state index < -0.39 is 0 Å². The van der Waals surface area contributed by atoms with Crippen LogP contribution in [-0.2, 0) is 0 Å². The summed E-state index contributed by atoms with van der Waals surface area (Å²) in [4.78, 5) is 2.67. The Balaban J connectivity index is 1.28. The van der Waals surface area contributed by atoms with E-state index in [2.05, 4.69) is 44.8 Å². The maximum Gasteiger partial charge on any atom is 0.0543 e. The molecule has 3 heteroatoms. The van der Waals surface area contributed by atoms with Crippen molar-refractivity contribution in [3.8, 4) is 0 Å². The maximum atomic E-state index is 10.7. The van der Waals surface area contributed by atoms with E-state index in [0.29, 0.717) is 22.8 Å². The summed E-state index contributed by atoms with van der Waals surface area (Å²) in [7, 11) is 0. The molecule has 5 rings (SSSR count). The summed E-state index contributed by atoms with van der Waals surface area (Å²) < 4.78 is 0. The molecule has 0 radical (unpaired) electrons. The van der Waals surface area contributed by atoms with Crippen molar-refractivity contribution in [3.05, 3.63) is 0 Å². The Bertz CT molecular complexity index is 733. The highest BCUT2D eigenvalue weighted by atomic mass is 16.3. The second-order valence-electron chi connectivity index (χ2n) is 15.6. The zero-order valence-corrected chi connectivity index (χ0v) is 25.3. The normalized spacial score (nSPS) is 45.0. The fraction of sp³-hybridized carbons (Fsp3) is 1.00. The molecule has 1 aliphatic heterocycles. The van der Waals surface area contributed by atoms with Gasteiger partial charge in [0.1, 0.15) is 0 Å². The Morgan fingerprint density at radius 3 is 2.32 bits per heavy atom. The molecule has 0 bridgehead atoms. The third-order valence-corrected chi connectivity index (χ3v) is 13.1. The monoisotopic (exact) mass is 514 g/mol. The van der Waals surface area contributed by atoms with Crippen LogP contribution in [0.5, 0.6) is 0 Å². The van der Waals surface area contributed by atoms with Gasteiger partial charge in [0.25, 0.3) is 0 Å². The highest BCUT2D eigenvalue weighted by molar-refractivity contribution is 5.12. The lowest BCUT2D eigenvalue weighted by Crippen LogP contribution is -2.61. The summed E-state index contributed by atoms with van der Waals surface area (Å²) in [6.45, 7) is 17.9. The first-order valence-electron chi connectivity index (χ1n) is 16.9. The molecule has 0 aromatic heterocycles. The van der Waals surface area contributed by atoms with Crippen LogP contribution in [0, 0.1) is 52.3 Å². The van der Waals surface area contributed by atoms with Gasteiger partial charge in [0, 0.05) is 6.04 Å². The van der Waals surface area contributed by atoms with Crippen LogP contribution in [0.4, 0.5) is 0 Å². The largest absolute Gasteiger partial charge is 0.393 e. The van der Waals surface area contributed by atoms with Gasteiger partial charge in [-0.3, -0.25) is 0 Å². The van der Waals surface area contributed by atoms with Crippen LogP contribution >= 0.6 is 0 Å². The minimum Gasteiger partial charge on any atom is -0.393 e. The van der Waals surface area contributed by atoms with E-state index in [0.717, 1.165) is 48.3 Å². The second kappa shape index (κ2) is 11.8. The molecule has 4 saturated carbocycles. The highest BCUT2D eigenvalue weighted by Crippen LogP contribution is 2.68. The SMILES string of the molecule is CC(C)CCC[C@@H](C)[C@H]1CCC2C3C[C@@H](NCCCN4CCCC4)C4C[C@@H](O)CC[C@]4(C)C3CC[C@@]21C. The summed E-state index contributed by atoms with van der Waals surface area (Å²) in [6.07, 6.45) is 18.9. The number of hydrogen-bond acceptors (Lipinski definition) is 3. The third kappa shape index (κ3) is 5.72. The van der Waals surface area contributed by atoms with Crippen molar-refractivity contribution in [1.82, 2.24) is 10.2 Å². The molecule has 4 aliphatic carbocycles. The zero-order chi connectivity index (χ0) is 26.2. The van der Waals surface area contributed by atoms with Crippen molar-refractivity contribution in [3.63, 3.8) is 0 Å². The lowest BCUT2D eigenvalue weighted by atomic mass is 9.43. The minimum absolute atomic E-state index is 0.0695. The van der Waals surface area contributed by atoms with Gasteiger partial charge in [0.2, 0.25) is 0 Å². The molecule has 0 amide bonds. The Morgan fingerprint density at radius 1 is 0.838 bits per heavy atom. The first-order chi connectivity index (χ1) is 17.7. The lowest BCUT2D eigenvalue weighted by molar-refractivity contribution is -0.141. The van der Waals surface area contributed by atoms with E-state index in [4.69, 9.17) is 0 Å². The second-order valence-corrected chi connectivity index (χ2v) is 15.6. The fourth-order valence-electron chi connectivity index (χ4n) is 11.2. The van der Waals surface area contributed by atoms with E-state index in [1.165, 1.54) is 103 Å².